The zero-order valence-electron chi connectivity index (χ0n) is 11.3. The van der Waals surface area contributed by atoms with Gasteiger partial charge in [-0.1, -0.05) is 15.9 Å². The van der Waals surface area contributed by atoms with E-state index in [1.807, 2.05) is 7.05 Å². The molecule has 0 bridgehead atoms. The highest BCUT2D eigenvalue weighted by molar-refractivity contribution is 9.11. The molecule has 0 saturated carbocycles. The van der Waals surface area contributed by atoms with Crippen molar-refractivity contribution >= 4 is 49.5 Å². The third-order valence-corrected chi connectivity index (χ3v) is 4.33. The molecular formula is C13H15Br2N3O3. The summed E-state index contributed by atoms with van der Waals surface area (Å²) in [5.41, 5.74) is 0.268. The second-order valence-corrected chi connectivity index (χ2v) is 6.73. The van der Waals surface area contributed by atoms with Gasteiger partial charge in [0.1, 0.15) is 0 Å². The maximum atomic E-state index is 12.0. The number of nitrogens with zero attached hydrogens (tertiary/aromatic N) is 1. The molecule has 114 valence electrons. The first-order valence-electron chi connectivity index (χ1n) is 6.35. The van der Waals surface area contributed by atoms with Crippen LogP contribution >= 0.6 is 31.9 Å². The average Bonchev–Trinajstić information content (AvgIpc) is 2.77. The van der Waals surface area contributed by atoms with Crippen LogP contribution in [0, 0.1) is 0 Å². The number of carbonyl (C=O) groups is 2. The van der Waals surface area contributed by atoms with Crippen LogP contribution in [-0.2, 0) is 0 Å². The molecule has 1 aliphatic rings. The standard InChI is InChI=1S/C13H15Br2N3O3/c1-18-3-2-8(6-18)16-13(21)17-11-9(12(19)20)4-7(14)5-10(11)15/h4-5,8H,2-3,6H2,1H3,(H,19,20)(H2,16,17,21). The highest BCUT2D eigenvalue weighted by Crippen LogP contribution is 2.30. The Hall–Kier alpha value is -1.12. The Morgan fingerprint density at radius 1 is 1.38 bits per heavy atom. The topological polar surface area (TPSA) is 81.7 Å². The van der Waals surface area contributed by atoms with Gasteiger partial charge in [0.15, 0.2) is 0 Å². The lowest BCUT2D eigenvalue weighted by molar-refractivity contribution is 0.0698. The first-order chi connectivity index (χ1) is 9.86. The van der Waals surface area contributed by atoms with Crippen molar-refractivity contribution in [1.29, 1.82) is 0 Å². The Morgan fingerprint density at radius 3 is 2.67 bits per heavy atom. The fourth-order valence-corrected chi connectivity index (χ4v) is 3.58. The van der Waals surface area contributed by atoms with Crippen LogP contribution < -0.4 is 10.6 Å². The molecule has 1 heterocycles. The third-order valence-electron chi connectivity index (χ3n) is 3.25. The van der Waals surface area contributed by atoms with Gasteiger partial charge in [0, 0.05) is 21.5 Å². The molecule has 2 amide bonds. The molecule has 8 heteroatoms. The van der Waals surface area contributed by atoms with Gasteiger partial charge < -0.3 is 20.6 Å². The molecule has 0 spiro atoms. The number of hydrogen-bond acceptors (Lipinski definition) is 3. The van der Waals surface area contributed by atoms with Crippen molar-refractivity contribution in [2.24, 2.45) is 0 Å². The zero-order valence-corrected chi connectivity index (χ0v) is 14.5. The van der Waals surface area contributed by atoms with Crippen LogP contribution in [0.25, 0.3) is 0 Å². The van der Waals surface area contributed by atoms with Gasteiger partial charge in [0.2, 0.25) is 0 Å². The van der Waals surface area contributed by atoms with Gasteiger partial charge in [-0.05, 0) is 48.1 Å². The van der Waals surface area contributed by atoms with Gasteiger partial charge in [-0.15, -0.1) is 0 Å². The number of amides is 2. The smallest absolute Gasteiger partial charge is 0.337 e. The fraction of sp³-hybridized carbons (Fsp3) is 0.385. The normalized spacial score (nSPS) is 18.5. The van der Waals surface area contributed by atoms with E-state index in [9.17, 15) is 14.7 Å². The monoisotopic (exact) mass is 419 g/mol. The van der Waals surface area contributed by atoms with Crippen LogP contribution in [0.1, 0.15) is 16.8 Å². The van der Waals surface area contributed by atoms with E-state index in [1.54, 1.807) is 6.07 Å². The van der Waals surface area contributed by atoms with Crippen LogP contribution in [0.15, 0.2) is 21.1 Å². The number of benzene rings is 1. The molecule has 1 aromatic carbocycles. The number of carboxylic acids is 1. The van der Waals surface area contributed by atoms with Crippen LogP contribution in [-0.4, -0.2) is 48.2 Å². The van der Waals surface area contributed by atoms with Crippen LogP contribution in [0.4, 0.5) is 10.5 Å². The van der Waals surface area contributed by atoms with E-state index in [0.29, 0.717) is 8.95 Å². The number of hydrogen-bond donors (Lipinski definition) is 3. The summed E-state index contributed by atoms with van der Waals surface area (Å²) >= 11 is 6.50. The molecule has 1 aromatic rings. The maximum absolute atomic E-state index is 12.0. The molecule has 1 fully saturated rings. The van der Waals surface area contributed by atoms with Crippen LogP contribution in [0.3, 0.4) is 0 Å². The van der Waals surface area contributed by atoms with E-state index in [4.69, 9.17) is 0 Å². The predicted octanol–water partition coefficient (Wildman–Crippen LogP) is 2.74. The van der Waals surface area contributed by atoms with Gasteiger partial charge in [-0.2, -0.15) is 0 Å². The van der Waals surface area contributed by atoms with Crippen LogP contribution in [0.5, 0.6) is 0 Å². The second kappa shape index (κ2) is 6.76. The number of likely N-dealkylation sites (N-methyl/N-ethyl adjacent to an activating group) is 1. The van der Waals surface area contributed by atoms with E-state index in [0.717, 1.165) is 19.5 Å². The summed E-state index contributed by atoms with van der Waals surface area (Å²) in [7, 11) is 1.99. The lowest BCUT2D eigenvalue weighted by Gasteiger charge is -2.16. The minimum absolute atomic E-state index is 0.0231. The van der Waals surface area contributed by atoms with Gasteiger partial charge in [0.05, 0.1) is 11.3 Å². The lowest BCUT2D eigenvalue weighted by Crippen LogP contribution is -2.39. The van der Waals surface area contributed by atoms with Crippen molar-refractivity contribution in [2.45, 2.75) is 12.5 Å². The van der Waals surface area contributed by atoms with Gasteiger partial charge >= 0.3 is 12.0 Å². The summed E-state index contributed by atoms with van der Waals surface area (Å²) in [6.07, 6.45) is 0.886. The largest absolute Gasteiger partial charge is 0.478 e. The molecule has 0 radical (unpaired) electrons. The number of carboxylic acid groups (broad SMARTS) is 1. The molecular weight excluding hydrogens is 406 g/mol. The molecule has 21 heavy (non-hydrogen) atoms. The van der Waals surface area contributed by atoms with Crippen molar-refractivity contribution in [3.05, 3.63) is 26.6 Å². The number of likely N-dealkylation sites (tertiary alicyclic amines) is 1. The van der Waals surface area contributed by atoms with Crippen molar-refractivity contribution in [3.8, 4) is 0 Å². The Labute approximate surface area is 139 Å². The summed E-state index contributed by atoms with van der Waals surface area (Å²) in [4.78, 5) is 25.4. The van der Waals surface area contributed by atoms with Gasteiger partial charge in [-0.25, -0.2) is 9.59 Å². The number of rotatable bonds is 3. The predicted molar refractivity (Wildman–Crippen MR) is 86.9 cm³/mol. The quantitative estimate of drug-likeness (QED) is 0.702. The molecule has 0 aliphatic carbocycles. The number of anilines is 1. The van der Waals surface area contributed by atoms with Gasteiger partial charge in [-0.3, -0.25) is 0 Å². The van der Waals surface area contributed by atoms with E-state index in [1.165, 1.54) is 6.07 Å². The zero-order chi connectivity index (χ0) is 15.6. The van der Waals surface area contributed by atoms with Crippen molar-refractivity contribution in [2.75, 3.05) is 25.5 Å². The Balaban J connectivity index is 2.11. The van der Waals surface area contributed by atoms with Crippen molar-refractivity contribution < 1.29 is 14.7 Å². The lowest BCUT2D eigenvalue weighted by atomic mass is 10.2. The summed E-state index contributed by atoms with van der Waals surface area (Å²) < 4.78 is 1.13. The molecule has 6 nitrogen and oxygen atoms in total. The molecule has 3 N–H and O–H groups in total. The highest BCUT2D eigenvalue weighted by atomic mass is 79.9. The highest BCUT2D eigenvalue weighted by Gasteiger charge is 2.22. The van der Waals surface area contributed by atoms with Gasteiger partial charge in [0.25, 0.3) is 0 Å². The number of carbonyl (C=O) groups excluding carboxylic acids is 1. The van der Waals surface area contributed by atoms with Crippen molar-refractivity contribution in [3.63, 3.8) is 0 Å². The van der Waals surface area contributed by atoms with E-state index >= 15 is 0 Å². The second-order valence-electron chi connectivity index (χ2n) is 4.96. The summed E-state index contributed by atoms with van der Waals surface area (Å²) in [6, 6.07) is 2.82. The molecule has 1 unspecified atom stereocenters. The summed E-state index contributed by atoms with van der Waals surface area (Å²) in [5.74, 6) is -1.10. The van der Waals surface area contributed by atoms with E-state index in [-0.39, 0.29) is 17.3 Å². The number of nitrogens with one attached hydrogen (secondary N) is 2. The number of halogens is 2. The Bertz CT molecular complexity index is 580. The number of urea groups is 1. The summed E-state index contributed by atoms with van der Waals surface area (Å²) in [6.45, 7) is 1.73. The molecule has 0 aromatic heterocycles. The van der Waals surface area contributed by atoms with E-state index in [2.05, 4.69) is 47.4 Å². The fourth-order valence-electron chi connectivity index (χ4n) is 2.26. The molecule has 2 rings (SSSR count). The minimum atomic E-state index is -1.10. The maximum Gasteiger partial charge on any atom is 0.337 e. The van der Waals surface area contributed by atoms with E-state index < -0.39 is 12.0 Å². The Morgan fingerprint density at radius 2 is 2.10 bits per heavy atom. The molecule has 1 atom stereocenters. The average molecular weight is 421 g/mol. The Kier molecular flexibility index (Phi) is 5.23. The SMILES string of the molecule is CN1CCC(NC(=O)Nc2c(Br)cc(Br)cc2C(=O)O)C1. The first kappa shape index (κ1) is 16.3. The summed E-state index contributed by atoms with van der Waals surface area (Å²) in [5, 5.41) is 14.7. The molecule has 1 aliphatic heterocycles. The third kappa shape index (κ3) is 4.18. The number of aromatic carboxylic acids is 1. The first-order valence-corrected chi connectivity index (χ1v) is 7.94. The molecule has 1 saturated heterocycles. The minimum Gasteiger partial charge on any atom is -0.478 e. The van der Waals surface area contributed by atoms with Crippen LogP contribution in [0.2, 0.25) is 0 Å². The van der Waals surface area contributed by atoms with Crippen molar-refractivity contribution in [1.82, 2.24) is 10.2 Å².